The number of nitrogens with one attached hydrogen (secondary N) is 1. The number of rotatable bonds is 5. The first kappa shape index (κ1) is 12.8. The van der Waals surface area contributed by atoms with Gasteiger partial charge in [0, 0.05) is 19.1 Å². The van der Waals surface area contributed by atoms with E-state index in [-0.39, 0.29) is 0 Å². The van der Waals surface area contributed by atoms with Gasteiger partial charge in [-0.25, -0.2) is 0 Å². The predicted octanol–water partition coefficient (Wildman–Crippen LogP) is 2.01. The van der Waals surface area contributed by atoms with Crippen molar-refractivity contribution in [3.63, 3.8) is 0 Å². The van der Waals surface area contributed by atoms with Crippen LogP contribution < -0.4 is 5.32 Å². The largest absolute Gasteiger partial charge is 0.390 e. The molecule has 2 nitrogen and oxygen atoms in total. The zero-order valence-electron chi connectivity index (χ0n) is 9.11. The van der Waals surface area contributed by atoms with E-state index < -0.39 is 18.6 Å². The summed E-state index contributed by atoms with van der Waals surface area (Å²) in [5, 5.41) is 2.90. The van der Waals surface area contributed by atoms with Crippen LogP contribution in [0, 0.1) is 0 Å². The summed E-state index contributed by atoms with van der Waals surface area (Å²) >= 11 is 0. The zero-order valence-corrected chi connectivity index (χ0v) is 9.11. The van der Waals surface area contributed by atoms with Crippen LogP contribution in [0.3, 0.4) is 0 Å². The van der Waals surface area contributed by atoms with Crippen molar-refractivity contribution in [2.75, 3.05) is 26.2 Å². The Bertz CT molecular complexity index is 176. The van der Waals surface area contributed by atoms with Gasteiger partial charge in [-0.1, -0.05) is 0 Å². The van der Waals surface area contributed by atoms with Crippen LogP contribution in [0.5, 0.6) is 0 Å². The monoisotopic (exact) mass is 224 g/mol. The van der Waals surface area contributed by atoms with Gasteiger partial charge in [0.05, 0.1) is 6.42 Å². The summed E-state index contributed by atoms with van der Waals surface area (Å²) in [6.45, 7) is 5.28. The van der Waals surface area contributed by atoms with E-state index in [9.17, 15) is 13.2 Å². The summed E-state index contributed by atoms with van der Waals surface area (Å²) in [7, 11) is 0. The van der Waals surface area contributed by atoms with Gasteiger partial charge in [-0.15, -0.1) is 0 Å². The molecule has 0 aromatic heterocycles. The molecule has 0 amide bonds. The maximum absolute atomic E-state index is 12.0. The second kappa shape index (κ2) is 5.70. The van der Waals surface area contributed by atoms with Crippen LogP contribution in [0.4, 0.5) is 13.2 Å². The van der Waals surface area contributed by atoms with Crippen molar-refractivity contribution in [3.8, 4) is 0 Å². The van der Waals surface area contributed by atoms with Gasteiger partial charge < -0.3 is 10.2 Å². The van der Waals surface area contributed by atoms with E-state index in [2.05, 4.69) is 10.2 Å². The molecule has 90 valence electrons. The molecule has 1 rings (SSSR count). The zero-order chi connectivity index (χ0) is 11.3. The average molecular weight is 224 g/mol. The Morgan fingerprint density at radius 1 is 1.27 bits per heavy atom. The second-order valence-corrected chi connectivity index (χ2v) is 4.22. The Morgan fingerprint density at radius 2 is 1.87 bits per heavy atom. The molecule has 5 heteroatoms. The summed E-state index contributed by atoms with van der Waals surface area (Å²) < 4.78 is 36.0. The molecule has 1 N–H and O–H groups in total. The molecule has 1 fully saturated rings. The maximum atomic E-state index is 12.0. The lowest BCUT2D eigenvalue weighted by Gasteiger charge is -2.19. The number of halogens is 3. The molecule has 1 aliphatic heterocycles. The van der Waals surface area contributed by atoms with E-state index in [0.717, 1.165) is 19.6 Å². The van der Waals surface area contributed by atoms with E-state index in [0.29, 0.717) is 6.54 Å². The summed E-state index contributed by atoms with van der Waals surface area (Å²) in [5.74, 6) is 0. The first-order valence-electron chi connectivity index (χ1n) is 5.50. The highest BCUT2D eigenvalue weighted by Gasteiger charge is 2.29. The lowest BCUT2D eigenvalue weighted by molar-refractivity contribution is -0.139. The molecule has 1 unspecified atom stereocenters. The highest BCUT2D eigenvalue weighted by atomic mass is 19.4. The predicted molar refractivity (Wildman–Crippen MR) is 53.8 cm³/mol. The molecule has 1 atom stereocenters. The van der Waals surface area contributed by atoms with Crippen molar-refractivity contribution in [3.05, 3.63) is 0 Å². The number of hydrogen-bond acceptors (Lipinski definition) is 2. The van der Waals surface area contributed by atoms with E-state index in [1.165, 1.54) is 12.8 Å². The average Bonchev–Trinajstić information content (AvgIpc) is 2.53. The van der Waals surface area contributed by atoms with E-state index >= 15 is 0 Å². The summed E-state index contributed by atoms with van der Waals surface area (Å²) in [4.78, 5) is 2.29. The summed E-state index contributed by atoms with van der Waals surface area (Å²) in [6.07, 6.45) is -2.36. The van der Waals surface area contributed by atoms with E-state index in [4.69, 9.17) is 0 Å². The number of nitrogens with zero attached hydrogens (tertiary/aromatic N) is 1. The van der Waals surface area contributed by atoms with Crippen LogP contribution >= 0.6 is 0 Å². The summed E-state index contributed by atoms with van der Waals surface area (Å²) in [5.41, 5.74) is 0. The van der Waals surface area contributed by atoms with Crippen LogP contribution in [-0.2, 0) is 0 Å². The third-order valence-electron chi connectivity index (χ3n) is 2.66. The van der Waals surface area contributed by atoms with Crippen LogP contribution in [0.25, 0.3) is 0 Å². The number of likely N-dealkylation sites (tertiary alicyclic amines) is 1. The minimum atomic E-state index is -4.06. The second-order valence-electron chi connectivity index (χ2n) is 4.22. The number of alkyl halides is 3. The Labute approximate surface area is 88.8 Å². The van der Waals surface area contributed by atoms with E-state index in [1.54, 1.807) is 6.92 Å². The molecular formula is C10H19F3N2. The van der Waals surface area contributed by atoms with Crippen molar-refractivity contribution in [2.24, 2.45) is 0 Å². The molecule has 0 bridgehead atoms. The molecule has 0 aliphatic carbocycles. The van der Waals surface area contributed by atoms with Crippen LogP contribution in [0.2, 0.25) is 0 Å². The smallest absolute Gasteiger partial charge is 0.313 e. The molecule has 0 spiro atoms. The first-order chi connectivity index (χ1) is 6.97. The molecule has 0 aromatic carbocycles. The highest BCUT2D eigenvalue weighted by Crippen LogP contribution is 2.21. The minimum Gasteiger partial charge on any atom is -0.313 e. The van der Waals surface area contributed by atoms with Gasteiger partial charge in [0.15, 0.2) is 0 Å². The quantitative estimate of drug-likeness (QED) is 0.768. The third kappa shape index (κ3) is 5.99. The molecule has 15 heavy (non-hydrogen) atoms. The topological polar surface area (TPSA) is 15.3 Å². The molecule has 1 aliphatic rings. The van der Waals surface area contributed by atoms with Crippen LogP contribution in [0.1, 0.15) is 26.2 Å². The SMILES string of the molecule is CC(CC(F)(F)F)NCCN1CCCC1. The normalized spacial score (nSPS) is 20.8. The van der Waals surface area contributed by atoms with Gasteiger partial charge >= 0.3 is 6.18 Å². The van der Waals surface area contributed by atoms with Gasteiger partial charge in [-0.05, 0) is 32.9 Å². The Balaban J connectivity index is 2.03. The standard InChI is InChI=1S/C10H19F3N2/c1-9(8-10(11,12)13)14-4-7-15-5-2-3-6-15/h9,14H,2-8H2,1H3. The fourth-order valence-corrected chi connectivity index (χ4v) is 1.89. The Morgan fingerprint density at radius 3 is 2.40 bits per heavy atom. The molecule has 0 saturated carbocycles. The minimum absolute atomic E-state index is 0.479. The Hall–Kier alpha value is -0.290. The van der Waals surface area contributed by atoms with Gasteiger partial charge in [0.2, 0.25) is 0 Å². The molecular weight excluding hydrogens is 205 g/mol. The van der Waals surface area contributed by atoms with E-state index in [1.807, 2.05) is 0 Å². The van der Waals surface area contributed by atoms with Crippen molar-refractivity contribution < 1.29 is 13.2 Å². The van der Waals surface area contributed by atoms with Crippen LogP contribution in [-0.4, -0.2) is 43.3 Å². The van der Waals surface area contributed by atoms with Crippen LogP contribution in [0.15, 0.2) is 0 Å². The molecule has 0 radical (unpaired) electrons. The molecule has 1 saturated heterocycles. The third-order valence-corrected chi connectivity index (χ3v) is 2.66. The molecule has 0 aromatic rings. The Kier molecular flexibility index (Phi) is 4.86. The lowest BCUT2D eigenvalue weighted by atomic mass is 10.2. The van der Waals surface area contributed by atoms with Crippen molar-refractivity contribution in [1.82, 2.24) is 10.2 Å². The summed E-state index contributed by atoms with van der Waals surface area (Å²) in [6, 6.07) is -0.479. The van der Waals surface area contributed by atoms with Crippen molar-refractivity contribution in [1.29, 1.82) is 0 Å². The van der Waals surface area contributed by atoms with Crippen molar-refractivity contribution in [2.45, 2.75) is 38.4 Å². The highest BCUT2D eigenvalue weighted by molar-refractivity contribution is 4.70. The first-order valence-corrected chi connectivity index (χ1v) is 5.50. The lowest BCUT2D eigenvalue weighted by Crippen LogP contribution is -2.37. The van der Waals surface area contributed by atoms with Gasteiger partial charge in [0.1, 0.15) is 0 Å². The van der Waals surface area contributed by atoms with Gasteiger partial charge in [-0.2, -0.15) is 13.2 Å². The number of hydrogen-bond donors (Lipinski definition) is 1. The molecule has 1 heterocycles. The van der Waals surface area contributed by atoms with Crippen molar-refractivity contribution >= 4 is 0 Å². The van der Waals surface area contributed by atoms with Gasteiger partial charge in [0.25, 0.3) is 0 Å². The van der Waals surface area contributed by atoms with Gasteiger partial charge in [-0.3, -0.25) is 0 Å². The fourth-order valence-electron chi connectivity index (χ4n) is 1.89. The fraction of sp³-hybridized carbons (Fsp3) is 1.00. The maximum Gasteiger partial charge on any atom is 0.390 e.